The van der Waals surface area contributed by atoms with Crippen molar-refractivity contribution < 1.29 is 9.90 Å². The van der Waals surface area contributed by atoms with Crippen LogP contribution in [0.25, 0.3) is 11.2 Å². The van der Waals surface area contributed by atoms with Gasteiger partial charge in [-0.2, -0.15) is 0 Å². The molecule has 22 heavy (non-hydrogen) atoms. The summed E-state index contributed by atoms with van der Waals surface area (Å²) in [5, 5.41) is 8.78. The lowest BCUT2D eigenvalue weighted by Crippen LogP contribution is -2.06. The van der Waals surface area contributed by atoms with E-state index in [0.717, 1.165) is 22.6 Å². The van der Waals surface area contributed by atoms with Crippen LogP contribution in [0, 0.1) is 0 Å². The summed E-state index contributed by atoms with van der Waals surface area (Å²) in [7, 11) is 0. The summed E-state index contributed by atoms with van der Waals surface area (Å²) in [5.41, 5.74) is 2.83. The predicted octanol–water partition coefficient (Wildman–Crippen LogP) is 2.80. The number of rotatable bonds is 6. The molecule has 1 aromatic carbocycles. The summed E-state index contributed by atoms with van der Waals surface area (Å²) in [6.45, 7) is 0.678. The Bertz CT molecular complexity index is 786. The number of carboxylic acids is 1. The van der Waals surface area contributed by atoms with E-state index in [1.165, 1.54) is 11.8 Å². The van der Waals surface area contributed by atoms with Crippen LogP contribution < -0.4 is 0 Å². The lowest BCUT2D eigenvalue weighted by Gasteiger charge is -2.08. The highest BCUT2D eigenvalue weighted by molar-refractivity contribution is 7.99. The van der Waals surface area contributed by atoms with Gasteiger partial charge in [0.2, 0.25) is 0 Å². The molecule has 112 valence electrons. The van der Waals surface area contributed by atoms with Gasteiger partial charge in [-0.25, -0.2) is 9.97 Å². The number of carbonyl (C=O) groups is 1. The predicted molar refractivity (Wildman–Crippen MR) is 86.9 cm³/mol. The highest BCUT2D eigenvalue weighted by Gasteiger charge is 2.12. The smallest absolute Gasteiger partial charge is 0.313 e. The van der Waals surface area contributed by atoms with Crippen LogP contribution in [0.1, 0.15) is 11.4 Å². The molecule has 6 heteroatoms. The molecule has 3 aromatic rings. The van der Waals surface area contributed by atoms with Gasteiger partial charge in [-0.1, -0.05) is 30.3 Å². The summed E-state index contributed by atoms with van der Waals surface area (Å²) < 4.78 is 2.06. The Balaban J connectivity index is 1.92. The zero-order chi connectivity index (χ0) is 15.4. The summed E-state index contributed by atoms with van der Waals surface area (Å²) in [6.07, 6.45) is 1.75. The minimum absolute atomic E-state index is 0.0714. The lowest BCUT2D eigenvalue weighted by molar-refractivity contribution is -0.133. The second kappa shape index (κ2) is 6.62. The van der Waals surface area contributed by atoms with E-state index in [2.05, 4.69) is 26.7 Å². The molecule has 1 N–H and O–H groups in total. The molecule has 0 aliphatic rings. The molecule has 0 bridgehead atoms. The molecular formula is C16H15N3O2S. The third kappa shape index (κ3) is 3.28. The van der Waals surface area contributed by atoms with Crippen LogP contribution in [0.3, 0.4) is 0 Å². The fraction of sp³-hybridized carbons (Fsp3) is 0.188. The standard InChI is InChI=1S/C16H15N3O2S/c20-15(21)11-22-10-14-18-13-7-4-8-17-16(13)19(14)9-12-5-2-1-3-6-12/h1-8H,9-11H2,(H,20,21). The average Bonchev–Trinajstić information content (AvgIpc) is 2.86. The van der Waals surface area contributed by atoms with E-state index in [1.807, 2.05) is 30.3 Å². The van der Waals surface area contributed by atoms with Crippen molar-refractivity contribution in [3.63, 3.8) is 0 Å². The lowest BCUT2D eigenvalue weighted by atomic mass is 10.2. The first-order chi connectivity index (χ1) is 10.7. The Morgan fingerprint density at radius 1 is 1.18 bits per heavy atom. The van der Waals surface area contributed by atoms with Gasteiger partial charge >= 0.3 is 5.97 Å². The van der Waals surface area contributed by atoms with Crippen LogP contribution >= 0.6 is 11.8 Å². The van der Waals surface area contributed by atoms with Gasteiger partial charge in [0.15, 0.2) is 5.65 Å². The summed E-state index contributed by atoms with van der Waals surface area (Å²) in [4.78, 5) is 19.7. The fourth-order valence-corrected chi connectivity index (χ4v) is 2.96. The number of nitrogens with zero attached hydrogens (tertiary/aromatic N) is 3. The molecule has 0 atom stereocenters. The molecule has 2 aromatic heterocycles. The Labute approximate surface area is 132 Å². The molecule has 0 spiro atoms. The van der Waals surface area contributed by atoms with E-state index < -0.39 is 5.97 Å². The molecule has 0 unspecified atom stereocenters. The fourth-order valence-electron chi connectivity index (χ4n) is 2.28. The summed E-state index contributed by atoms with van der Waals surface area (Å²) in [5.74, 6) is 0.662. The molecule has 0 aliphatic heterocycles. The minimum atomic E-state index is -0.811. The molecule has 0 aliphatic carbocycles. The zero-order valence-corrected chi connectivity index (χ0v) is 12.7. The maximum Gasteiger partial charge on any atom is 0.313 e. The normalized spacial score (nSPS) is 10.9. The average molecular weight is 313 g/mol. The Kier molecular flexibility index (Phi) is 4.39. The number of hydrogen-bond donors (Lipinski definition) is 1. The van der Waals surface area contributed by atoms with Gasteiger partial charge in [0.1, 0.15) is 11.3 Å². The molecule has 3 rings (SSSR count). The molecular weight excluding hydrogens is 298 g/mol. The van der Waals surface area contributed by atoms with Crippen molar-refractivity contribution >= 4 is 28.9 Å². The monoisotopic (exact) mass is 313 g/mol. The number of imidazole rings is 1. The molecule has 0 radical (unpaired) electrons. The van der Waals surface area contributed by atoms with Crippen molar-refractivity contribution in [3.8, 4) is 0 Å². The molecule has 0 saturated heterocycles. The Morgan fingerprint density at radius 3 is 2.77 bits per heavy atom. The van der Waals surface area contributed by atoms with E-state index in [-0.39, 0.29) is 5.75 Å². The molecule has 0 fully saturated rings. The summed E-state index contributed by atoms with van der Waals surface area (Å²) in [6, 6.07) is 13.9. The maximum absolute atomic E-state index is 10.7. The number of carboxylic acid groups (broad SMARTS) is 1. The van der Waals surface area contributed by atoms with E-state index in [4.69, 9.17) is 5.11 Å². The number of benzene rings is 1. The van der Waals surface area contributed by atoms with Gasteiger partial charge in [-0.3, -0.25) is 4.79 Å². The third-order valence-electron chi connectivity index (χ3n) is 3.22. The molecule has 2 heterocycles. The van der Waals surface area contributed by atoms with Crippen LogP contribution in [0.5, 0.6) is 0 Å². The van der Waals surface area contributed by atoms with Crippen LogP contribution in [0.2, 0.25) is 0 Å². The van der Waals surface area contributed by atoms with E-state index >= 15 is 0 Å². The SMILES string of the molecule is O=C(O)CSCc1nc2cccnc2n1Cc1ccccc1. The van der Waals surface area contributed by atoms with Crippen LogP contribution in [-0.2, 0) is 17.1 Å². The number of pyridine rings is 1. The number of aliphatic carboxylic acids is 1. The first-order valence-electron chi connectivity index (χ1n) is 6.87. The number of thioether (sulfide) groups is 1. The highest BCUT2D eigenvalue weighted by atomic mass is 32.2. The van der Waals surface area contributed by atoms with Crippen molar-refractivity contribution in [3.05, 3.63) is 60.0 Å². The van der Waals surface area contributed by atoms with Gasteiger partial charge in [-0.05, 0) is 17.7 Å². The van der Waals surface area contributed by atoms with Crippen LogP contribution in [0.4, 0.5) is 0 Å². The van der Waals surface area contributed by atoms with Gasteiger partial charge in [0.25, 0.3) is 0 Å². The first kappa shape index (κ1) is 14.6. The second-order valence-corrected chi connectivity index (χ2v) is 5.82. The van der Waals surface area contributed by atoms with Crippen molar-refractivity contribution in [2.45, 2.75) is 12.3 Å². The van der Waals surface area contributed by atoms with Crippen molar-refractivity contribution in [2.24, 2.45) is 0 Å². The molecule has 5 nitrogen and oxygen atoms in total. The van der Waals surface area contributed by atoms with Crippen molar-refractivity contribution in [2.75, 3.05) is 5.75 Å². The highest BCUT2D eigenvalue weighted by Crippen LogP contribution is 2.19. The quantitative estimate of drug-likeness (QED) is 0.758. The van der Waals surface area contributed by atoms with Crippen LogP contribution in [0.15, 0.2) is 48.7 Å². The third-order valence-corrected chi connectivity index (χ3v) is 4.14. The maximum atomic E-state index is 10.7. The van der Waals surface area contributed by atoms with Gasteiger partial charge in [0.05, 0.1) is 18.1 Å². The number of aromatic nitrogens is 3. The van der Waals surface area contributed by atoms with Gasteiger partial charge in [0, 0.05) is 6.20 Å². The largest absolute Gasteiger partial charge is 0.481 e. The Hall–Kier alpha value is -2.34. The van der Waals surface area contributed by atoms with E-state index in [9.17, 15) is 4.79 Å². The topological polar surface area (TPSA) is 68.0 Å². The minimum Gasteiger partial charge on any atom is -0.481 e. The van der Waals surface area contributed by atoms with E-state index in [0.29, 0.717) is 12.3 Å². The van der Waals surface area contributed by atoms with Crippen molar-refractivity contribution in [1.29, 1.82) is 0 Å². The van der Waals surface area contributed by atoms with E-state index in [1.54, 1.807) is 6.20 Å². The van der Waals surface area contributed by atoms with Gasteiger partial charge < -0.3 is 9.67 Å². The molecule has 0 amide bonds. The summed E-state index contributed by atoms with van der Waals surface area (Å²) >= 11 is 1.34. The number of fused-ring (bicyclic) bond motifs is 1. The molecule has 0 saturated carbocycles. The first-order valence-corrected chi connectivity index (χ1v) is 8.03. The zero-order valence-electron chi connectivity index (χ0n) is 11.8. The second-order valence-electron chi connectivity index (χ2n) is 4.83. The number of hydrogen-bond acceptors (Lipinski definition) is 4. The Morgan fingerprint density at radius 2 is 2.00 bits per heavy atom. The van der Waals surface area contributed by atoms with Crippen LogP contribution in [-0.4, -0.2) is 31.4 Å². The van der Waals surface area contributed by atoms with Gasteiger partial charge in [-0.15, -0.1) is 11.8 Å². The van der Waals surface area contributed by atoms with Crippen molar-refractivity contribution in [1.82, 2.24) is 14.5 Å².